The van der Waals surface area contributed by atoms with Gasteiger partial charge in [0.25, 0.3) is 0 Å². The first-order chi connectivity index (χ1) is 13.5. The second-order valence-corrected chi connectivity index (χ2v) is 6.65. The summed E-state index contributed by atoms with van der Waals surface area (Å²) in [4.78, 5) is 27.1. The molecule has 28 heavy (non-hydrogen) atoms. The molecule has 0 saturated carbocycles. The number of methoxy groups -OCH3 is 1. The van der Waals surface area contributed by atoms with Gasteiger partial charge in [-0.05, 0) is 24.3 Å². The van der Waals surface area contributed by atoms with Gasteiger partial charge in [0.1, 0.15) is 17.4 Å². The molecule has 0 saturated heterocycles. The Labute approximate surface area is 164 Å². The number of carbonyl (C=O) groups is 1. The molecular weight excluding hydrogens is 382 g/mol. The minimum atomic E-state index is -0.530. The summed E-state index contributed by atoms with van der Waals surface area (Å²) < 4.78 is 10.5. The summed E-state index contributed by atoms with van der Waals surface area (Å²) in [5.74, 6) is 0.334. The molecule has 3 rings (SSSR count). The van der Waals surface area contributed by atoms with Crippen molar-refractivity contribution in [3.05, 3.63) is 74.7 Å². The predicted molar refractivity (Wildman–Crippen MR) is 105 cm³/mol. The smallest absolute Gasteiger partial charge is 0.314 e. The van der Waals surface area contributed by atoms with E-state index in [1.54, 1.807) is 23.6 Å². The van der Waals surface area contributed by atoms with Crippen molar-refractivity contribution in [2.24, 2.45) is 0 Å². The number of hydrogen-bond acceptors (Lipinski definition) is 7. The molecule has 3 aromatic rings. The van der Waals surface area contributed by atoms with Gasteiger partial charge in [-0.25, -0.2) is 4.98 Å². The summed E-state index contributed by atoms with van der Waals surface area (Å²) in [7, 11) is 1.43. The number of rotatable bonds is 8. The average molecular weight is 399 g/mol. The van der Waals surface area contributed by atoms with E-state index in [4.69, 9.17) is 9.47 Å². The van der Waals surface area contributed by atoms with Gasteiger partial charge in [0.2, 0.25) is 5.91 Å². The molecule has 1 amide bonds. The number of nitrogens with one attached hydrogen (secondary N) is 1. The van der Waals surface area contributed by atoms with Crippen LogP contribution in [0.1, 0.15) is 10.7 Å². The molecule has 1 N–H and O–H groups in total. The molecule has 0 aliphatic carbocycles. The van der Waals surface area contributed by atoms with Crippen molar-refractivity contribution in [3.63, 3.8) is 0 Å². The van der Waals surface area contributed by atoms with Crippen LogP contribution in [-0.2, 0) is 17.8 Å². The summed E-state index contributed by atoms with van der Waals surface area (Å²) >= 11 is 1.33. The van der Waals surface area contributed by atoms with Crippen LogP contribution in [0.25, 0.3) is 0 Å². The Bertz CT molecular complexity index is 975. The number of carbonyl (C=O) groups excluding carboxylic acids is 1. The van der Waals surface area contributed by atoms with Gasteiger partial charge in [-0.3, -0.25) is 14.9 Å². The summed E-state index contributed by atoms with van der Waals surface area (Å²) in [5, 5.41) is 16.4. The van der Waals surface area contributed by atoms with E-state index in [0.29, 0.717) is 16.5 Å². The Morgan fingerprint density at radius 2 is 2.04 bits per heavy atom. The van der Waals surface area contributed by atoms with Gasteiger partial charge < -0.3 is 14.8 Å². The van der Waals surface area contributed by atoms with Gasteiger partial charge in [0, 0.05) is 11.1 Å². The minimum absolute atomic E-state index is 0.0595. The molecule has 0 spiro atoms. The van der Waals surface area contributed by atoms with Crippen molar-refractivity contribution >= 4 is 28.6 Å². The molecule has 0 fully saturated rings. The van der Waals surface area contributed by atoms with Crippen LogP contribution in [0.3, 0.4) is 0 Å². The molecule has 1 aromatic heterocycles. The lowest BCUT2D eigenvalue weighted by molar-refractivity contribution is -0.386. The van der Waals surface area contributed by atoms with E-state index in [0.717, 1.165) is 5.69 Å². The van der Waals surface area contributed by atoms with Gasteiger partial charge >= 0.3 is 5.69 Å². The Balaban J connectivity index is 1.59. The van der Waals surface area contributed by atoms with Crippen molar-refractivity contribution in [3.8, 4) is 11.5 Å². The average Bonchev–Trinajstić information content (AvgIpc) is 3.14. The topological polar surface area (TPSA) is 104 Å². The Kier molecular flexibility index (Phi) is 6.18. The SMILES string of the molecule is COc1ccc(OCc2csc(CC(=O)Nc3ccccc3)n2)c([N+](=O)[O-])c1. The van der Waals surface area contributed by atoms with Gasteiger partial charge in [0.15, 0.2) is 5.75 Å². The summed E-state index contributed by atoms with van der Waals surface area (Å²) in [6, 6.07) is 13.5. The van der Waals surface area contributed by atoms with E-state index in [9.17, 15) is 14.9 Å². The van der Waals surface area contributed by atoms with Crippen molar-refractivity contribution in [2.45, 2.75) is 13.0 Å². The van der Waals surface area contributed by atoms with E-state index >= 15 is 0 Å². The molecule has 8 nitrogen and oxygen atoms in total. The molecule has 144 valence electrons. The number of benzene rings is 2. The molecule has 9 heteroatoms. The van der Waals surface area contributed by atoms with Crippen molar-refractivity contribution in [1.29, 1.82) is 0 Å². The fraction of sp³-hybridized carbons (Fsp3) is 0.158. The first-order valence-electron chi connectivity index (χ1n) is 8.28. The number of anilines is 1. The number of nitrogens with zero attached hydrogens (tertiary/aromatic N) is 2. The maximum atomic E-state index is 12.1. The van der Waals surface area contributed by atoms with Crippen LogP contribution in [0.2, 0.25) is 0 Å². The van der Waals surface area contributed by atoms with E-state index in [2.05, 4.69) is 10.3 Å². The van der Waals surface area contributed by atoms with E-state index in [1.165, 1.54) is 30.6 Å². The van der Waals surface area contributed by atoms with Gasteiger partial charge in [-0.1, -0.05) is 18.2 Å². The number of nitro groups is 1. The molecule has 0 aliphatic heterocycles. The van der Waals surface area contributed by atoms with Crippen LogP contribution in [0.5, 0.6) is 11.5 Å². The molecule has 0 bridgehead atoms. The maximum absolute atomic E-state index is 12.1. The zero-order valence-corrected chi connectivity index (χ0v) is 15.8. The zero-order valence-electron chi connectivity index (χ0n) is 15.0. The van der Waals surface area contributed by atoms with E-state index in [1.807, 2.05) is 18.2 Å². The number of amides is 1. The Morgan fingerprint density at radius 1 is 1.25 bits per heavy atom. The highest BCUT2D eigenvalue weighted by molar-refractivity contribution is 7.09. The molecule has 0 aliphatic rings. The first-order valence-corrected chi connectivity index (χ1v) is 9.16. The van der Waals surface area contributed by atoms with E-state index < -0.39 is 4.92 Å². The van der Waals surface area contributed by atoms with E-state index in [-0.39, 0.29) is 30.4 Å². The maximum Gasteiger partial charge on any atom is 0.314 e. The monoisotopic (exact) mass is 399 g/mol. The summed E-state index contributed by atoms with van der Waals surface area (Å²) in [6.45, 7) is 0.0595. The number of hydrogen-bond donors (Lipinski definition) is 1. The fourth-order valence-corrected chi connectivity index (χ4v) is 3.18. The van der Waals surface area contributed by atoms with Crippen LogP contribution in [0.15, 0.2) is 53.9 Å². The van der Waals surface area contributed by atoms with Crippen LogP contribution < -0.4 is 14.8 Å². The number of thiazole rings is 1. The van der Waals surface area contributed by atoms with Crippen molar-refractivity contribution in [2.75, 3.05) is 12.4 Å². The number of nitro benzene ring substituents is 1. The normalized spacial score (nSPS) is 10.3. The highest BCUT2D eigenvalue weighted by Crippen LogP contribution is 2.31. The van der Waals surface area contributed by atoms with Crippen molar-refractivity contribution < 1.29 is 19.2 Å². The van der Waals surface area contributed by atoms with Crippen LogP contribution in [0, 0.1) is 10.1 Å². The number of ether oxygens (including phenoxy) is 2. The minimum Gasteiger partial charge on any atom is -0.496 e. The molecule has 0 radical (unpaired) electrons. The largest absolute Gasteiger partial charge is 0.496 e. The van der Waals surface area contributed by atoms with Crippen LogP contribution in [0.4, 0.5) is 11.4 Å². The Hall–Kier alpha value is -3.46. The first kappa shape index (κ1) is 19.3. The van der Waals surface area contributed by atoms with Crippen LogP contribution in [-0.4, -0.2) is 22.9 Å². The third kappa shape index (κ3) is 5.04. The predicted octanol–water partition coefficient (Wildman–Crippen LogP) is 3.82. The molecular formula is C19H17N3O5S. The Morgan fingerprint density at radius 3 is 2.75 bits per heavy atom. The second-order valence-electron chi connectivity index (χ2n) is 5.70. The lowest BCUT2D eigenvalue weighted by atomic mass is 10.3. The number of para-hydroxylation sites is 1. The highest BCUT2D eigenvalue weighted by Gasteiger charge is 2.17. The quantitative estimate of drug-likeness (QED) is 0.456. The third-order valence-corrected chi connectivity index (χ3v) is 4.60. The fourth-order valence-electron chi connectivity index (χ4n) is 2.40. The van der Waals surface area contributed by atoms with Gasteiger partial charge in [-0.2, -0.15) is 0 Å². The van der Waals surface area contributed by atoms with Crippen LogP contribution >= 0.6 is 11.3 Å². The lowest BCUT2D eigenvalue weighted by Gasteiger charge is -2.06. The standard InChI is InChI=1S/C19H17N3O5S/c1-26-15-7-8-17(16(9-15)22(24)25)27-11-14-12-28-19(21-14)10-18(23)20-13-5-3-2-4-6-13/h2-9,12H,10-11H2,1H3,(H,20,23). The molecule has 2 aromatic carbocycles. The van der Waals surface area contributed by atoms with Crippen molar-refractivity contribution in [1.82, 2.24) is 4.98 Å². The number of aromatic nitrogens is 1. The highest BCUT2D eigenvalue weighted by atomic mass is 32.1. The summed E-state index contributed by atoms with van der Waals surface area (Å²) in [6.07, 6.45) is 0.141. The molecule has 0 unspecified atom stereocenters. The zero-order chi connectivity index (χ0) is 19.9. The second kappa shape index (κ2) is 8.96. The van der Waals surface area contributed by atoms with Gasteiger partial charge in [-0.15, -0.1) is 11.3 Å². The lowest BCUT2D eigenvalue weighted by Crippen LogP contribution is -2.14. The van der Waals surface area contributed by atoms with Gasteiger partial charge in [0.05, 0.1) is 30.2 Å². The molecule has 1 heterocycles. The third-order valence-electron chi connectivity index (χ3n) is 3.71. The molecule has 0 atom stereocenters. The summed E-state index contributed by atoms with van der Waals surface area (Å²) in [5.41, 5.74) is 1.13.